The first-order chi connectivity index (χ1) is 16.5. The smallest absolute Gasteiger partial charge is 0.269 e. The maximum atomic E-state index is 12.8. The number of nitrogens with zero attached hydrogens (tertiary/aromatic N) is 6. The molecule has 0 bridgehead atoms. The molecule has 1 amide bonds. The van der Waals surface area contributed by atoms with Gasteiger partial charge in [-0.1, -0.05) is 30.8 Å². The predicted octanol–water partition coefficient (Wildman–Crippen LogP) is 3.94. The van der Waals surface area contributed by atoms with Crippen molar-refractivity contribution in [3.05, 3.63) is 69.8 Å². The Bertz CT molecular complexity index is 1140. The van der Waals surface area contributed by atoms with Gasteiger partial charge in [0.15, 0.2) is 11.0 Å². The predicted molar refractivity (Wildman–Crippen MR) is 132 cm³/mol. The zero-order valence-corrected chi connectivity index (χ0v) is 20.2. The van der Waals surface area contributed by atoms with Crippen molar-refractivity contribution in [3.63, 3.8) is 0 Å². The van der Waals surface area contributed by atoms with E-state index in [9.17, 15) is 14.9 Å². The molecule has 9 nitrogen and oxygen atoms in total. The Balaban J connectivity index is 1.39. The summed E-state index contributed by atoms with van der Waals surface area (Å²) in [4.78, 5) is 27.6. The fourth-order valence-electron chi connectivity index (χ4n) is 3.97. The number of hydrogen-bond donors (Lipinski definition) is 0. The first kappa shape index (κ1) is 23.9. The van der Waals surface area contributed by atoms with Crippen LogP contribution in [-0.4, -0.2) is 68.1 Å². The molecular weight excluding hydrogens is 452 g/mol. The molecule has 1 fully saturated rings. The summed E-state index contributed by atoms with van der Waals surface area (Å²) in [5.74, 6) is 1.47. The summed E-state index contributed by atoms with van der Waals surface area (Å²) in [5, 5.41) is 20.3. The third-order valence-electron chi connectivity index (χ3n) is 6.04. The second-order valence-electron chi connectivity index (χ2n) is 8.07. The highest BCUT2D eigenvalue weighted by molar-refractivity contribution is 7.98. The Labute approximate surface area is 202 Å². The van der Waals surface area contributed by atoms with Crippen LogP contribution in [0, 0.1) is 10.1 Å². The molecule has 0 saturated carbocycles. The molecule has 34 heavy (non-hydrogen) atoms. The molecule has 0 aliphatic carbocycles. The second-order valence-corrected chi connectivity index (χ2v) is 9.01. The van der Waals surface area contributed by atoms with Gasteiger partial charge in [0.05, 0.1) is 4.92 Å². The lowest BCUT2D eigenvalue weighted by Crippen LogP contribution is -2.48. The van der Waals surface area contributed by atoms with E-state index in [2.05, 4.69) is 22.0 Å². The monoisotopic (exact) mass is 480 g/mol. The first-order valence-electron chi connectivity index (χ1n) is 11.4. The van der Waals surface area contributed by atoms with Gasteiger partial charge in [-0.15, -0.1) is 10.2 Å². The average Bonchev–Trinajstić information content (AvgIpc) is 3.30. The third-order valence-corrected chi connectivity index (χ3v) is 7.08. The first-order valence-corrected chi connectivity index (χ1v) is 12.4. The van der Waals surface area contributed by atoms with Gasteiger partial charge in [0, 0.05) is 61.7 Å². The summed E-state index contributed by atoms with van der Waals surface area (Å²) in [7, 11) is 0. The van der Waals surface area contributed by atoms with Crippen molar-refractivity contribution in [1.29, 1.82) is 0 Å². The number of likely N-dealkylation sites (N-methyl/N-ethyl adjacent to an activating group) is 1. The van der Waals surface area contributed by atoms with Gasteiger partial charge in [-0.25, -0.2) is 0 Å². The van der Waals surface area contributed by atoms with Gasteiger partial charge >= 0.3 is 0 Å². The van der Waals surface area contributed by atoms with Crippen LogP contribution in [0.5, 0.6) is 0 Å². The minimum Gasteiger partial charge on any atom is -0.336 e. The molecule has 178 valence electrons. The van der Waals surface area contributed by atoms with Crippen LogP contribution in [0.25, 0.3) is 11.4 Å². The summed E-state index contributed by atoms with van der Waals surface area (Å²) < 4.78 is 2.00. The van der Waals surface area contributed by atoms with Crippen LogP contribution in [0.4, 0.5) is 5.69 Å². The van der Waals surface area contributed by atoms with Gasteiger partial charge in [-0.3, -0.25) is 14.9 Å². The van der Waals surface area contributed by atoms with E-state index in [1.807, 2.05) is 40.7 Å². The van der Waals surface area contributed by atoms with E-state index in [0.717, 1.165) is 54.6 Å². The number of thioether (sulfide) groups is 1. The van der Waals surface area contributed by atoms with Crippen molar-refractivity contribution >= 4 is 23.4 Å². The summed E-state index contributed by atoms with van der Waals surface area (Å²) in [5.41, 5.74) is 2.65. The number of rotatable bonds is 8. The van der Waals surface area contributed by atoms with Crippen molar-refractivity contribution in [2.45, 2.75) is 31.3 Å². The lowest BCUT2D eigenvalue weighted by atomic mass is 10.1. The molecule has 0 unspecified atom stereocenters. The van der Waals surface area contributed by atoms with E-state index in [1.54, 1.807) is 23.9 Å². The zero-order valence-electron chi connectivity index (χ0n) is 19.4. The van der Waals surface area contributed by atoms with E-state index in [-0.39, 0.29) is 11.6 Å². The number of aromatic nitrogens is 3. The van der Waals surface area contributed by atoms with Crippen molar-refractivity contribution in [2.75, 3.05) is 32.7 Å². The van der Waals surface area contributed by atoms with Gasteiger partial charge in [-0.2, -0.15) is 0 Å². The largest absolute Gasteiger partial charge is 0.336 e. The minimum atomic E-state index is -0.416. The molecule has 1 saturated heterocycles. The van der Waals surface area contributed by atoms with Crippen LogP contribution < -0.4 is 0 Å². The summed E-state index contributed by atoms with van der Waals surface area (Å²) in [6.45, 7) is 9.27. The molecule has 1 aliphatic heterocycles. The quantitative estimate of drug-likeness (QED) is 0.274. The average molecular weight is 481 g/mol. The SMILES string of the molecule is CCN1CCN(C(=O)c2ccc(CSc3nnc(-c4ccc([N+](=O)[O-])cc4)n3CC)cc2)CC1. The zero-order chi connectivity index (χ0) is 24.1. The molecule has 1 aromatic heterocycles. The van der Waals surface area contributed by atoms with Crippen molar-refractivity contribution in [1.82, 2.24) is 24.6 Å². The molecule has 0 spiro atoms. The minimum absolute atomic E-state index is 0.0473. The Hall–Kier alpha value is -3.24. The highest BCUT2D eigenvalue weighted by Crippen LogP contribution is 2.27. The van der Waals surface area contributed by atoms with E-state index in [1.165, 1.54) is 12.1 Å². The van der Waals surface area contributed by atoms with E-state index in [0.29, 0.717) is 18.1 Å². The van der Waals surface area contributed by atoms with Crippen LogP contribution in [-0.2, 0) is 12.3 Å². The van der Waals surface area contributed by atoms with Crippen molar-refractivity contribution in [2.24, 2.45) is 0 Å². The molecule has 2 heterocycles. The number of hydrogen-bond acceptors (Lipinski definition) is 7. The molecule has 4 rings (SSSR count). The third kappa shape index (κ3) is 5.28. The second kappa shape index (κ2) is 10.8. The molecule has 10 heteroatoms. The fourth-order valence-corrected chi connectivity index (χ4v) is 4.93. The lowest BCUT2D eigenvalue weighted by molar-refractivity contribution is -0.384. The molecule has 1 aliphatic rings. The van der Waals surface area contributed by atoms with Crippen molar-refractivity contribution < 1.29 is 9.72 Å². The van der Waals surface area contributed by atoms with Gasteiger partial charge in [0.2, 0.25) is 0 Å². The van der Waals surface area contributed by atoms with Crippen LogP contribution in [0.15, 0.2) is 53.7 Å². The van der Waals surface area contributed by atoms with Crippen LogP contribution in [0.2, 0.25) is 0 Å². The number of amides is 1. The Kier molecular flexibility index (Phi) is 7.59. The maximum Gasteiger partial charge on any atom is 0.269 e. The van der Waals surface area contributed by atoms with Gasteiger partial charge in [0.1, 0.15) is 0 Å². The van der Waals surface area contributed by atoms with Gasteiger partial charge in [0.25, 0.3) is 11.6 Å². The van der Waals surface area contributed by atoms with E-state index in [4.69, 9.17) is 0 Å². The molecular formula is C24H28N6O3S. The number of nitro benzene ring substituents is 1. The Morgan fingerprint density at radius 1 is 0.971 bits per heavy atom. The highest BCUT2D eigenvalue weighted by atomic mass is 32.2. The van der Waals surface area contributed by atoms with Crippen LogP contribution in [0.3, 0.4) is 0 Å². The molecule has 0 N–H and O–H groups in total. The fraction of sp³-hybridized carbons (Fsp3) is 0.375. The number of nitro groups is 1. The van der Waals surface area contributed by atoms with Crippen LogP contribution in [0.1, 0.15) is 29.8 Å². The topological polar surface area (TPSA) is 97.4 Å². The molecule has 2 aromatic carbocycles. The molecule has 0 atom stereocenters. The van der Waals surface area contributed by atoms with Crippen molar-refractivity contribution in [3.8, 4) is 11.4 Å². The number of piperazine rings is 1. The van der Waals surface area contributed by atoms with E-state index >= 15 is 0 Å². The normalized spacial score (nSPS) is 14.4. The van der Waals surface area contributed by atoms with Crippen LogP contribution >= 0.6 is 11.8 Å². The molecule has 0 radical (unpaired) electrons. The molecule has 3 aromatic rings. The van der Waals surface area contributed by atoms with E-state index < -0.39 is 4.92 Å². The highest BCUT2D eigenvalue weighted by Gasteiger charge is 2.21. The number of carbonyl (C=O) groups excluding carboxylic acids is 1. The lowest BCUT2D eigenvalue weighted by Gasteiger charge is -2.34. The Morgan fingerprint density at radius 3 is 2.24 bits per heavy atom. The van der Waals surface area contributed by atoms with Gasteiger partial charge < -0.3 is 14.4 Å². The summed E-state index contributed by atoms with van der Waals surface area (Å²) in [6, 6.07) is 14.1. The standard InChI is InChI=1S/C24H28N6O3S/c1-3-27-13-15-28(16-14-27)23(31)20-7-5-18(6-8-20)17-34-24-26-25-22(29(24)4-2)19-9-11-21(12-10-19)30(32)33/h5-12H,3-4,13-17H2,1-2H3. The maximum absolute atomic E-state index is 12.8. The number of benzene rings is 2. The number of non-ortho nitro benzene ring substituents is 1. The number of carbonyl (C=O) groups is 1. The summed E-state index contributed by atoms with van der Waals surface area (Å²) in [6.07, 6.45) is 0. The summed E-state index contributed by atoms with van der Waals surface area (Å²) >= 11 is 1.57. The van der Waals surface area contributed by atoms with Gasteiger partial charge in [-0.05, 0) is 43.3 Å². The Morgan fingerprint density at radius 2 is 1.65 bits per heavy atom.